The number of anilines is 1. The number of nitrogens with zero attached hydrogens (tertiary/aromatic N) is 1. The van der Waals surface area contributed by atoms with Crippen molar-refractivity contribution in [1.29, 1.82) is 0 Å². The van der Waals surface area contributed by atoms with Gasteiger partial charge in [0.2, 0.25) is 17.7 Å². The van der Waals surface area contributed by atoms with Crippen LogP contribution in [0.25, 0.3) is 0 Å². The van der Waals surface area contributed by atoms with E-state index in [2.05, 4.69) is 25.6 Å². The minimum absolute atomic E-state index is 0.146. The van der Waals surface area contributed by atoms with Crippen LogP contribution < -0.4 is 21.9 Å². The van der Waals surface area contributed by atoms with Gasteiger partial charge in [0, 0.05) is 12.1 Å². The smallest absolute Gasteiger partial charge is 0.338 e. The highest BCUT2D eigenvalue weighted by Crippen LogP contribution is 2.32. The topological polar surface area (TPSA) is 183 Å². The summed E-state index contributed by atoms with van der Waals surface area (Å²) in [6.07, 6.45) is -0.172. The fraction of sp³-hybridized carbons (Fsp3) is 0.231. The highest BCUT2D eigenvalue weighted by atomic mass is 32.2. The number of aromatic nitrogens is 2. The number of amides is 2. The molecule has 2 atom stereocenters. The molecule has 5 N–H and O–H groups in total. The lowest BCUT2D eigenvalue weighted by atomic mass is 10.00. The number of hydrogen-bond donors (Lipinski definition) is 5. The summed E-state index contributed by atoms with van der Waals surface area (Å²) in [6.45, 7) is 3.83. The van der Waals surface area contributed by atoms with Crippen molar-refractivity contribution in [3.05, 3.63) is 91.6 Å². The van der Waals surface area contributed by atoms with Gasteiger partial charge in [0.15, 0.2) is 5.17 Å². The van der Waals surface area contributed by atoms with Crippen LogP contribution in [0.4, 0.5) is 5.69 Å². The highest BCUT2D eigenvalue weighted by molar-refractivity contribution is 8.15. The first-order valence-corrected chi connectivity index (χ1v) is 12.8. The van der Waals surface area contributed by atoms with Crippen molar-refractivity contribution >= 4 is 40.4 Å². The second-order valence-corrected chi connectivity index (χ2v) is 9.76. The summed E-state index contributed by atoms with van der Waals surface area (Å²) >= 11 is 1.01. The summed E-state index contributed by atoms with van der Waals surface area (Å²) in [5, 5.41) is 15.0. The van der Waals surface area contributed by atoms with E-state index in [-0.39, 0.29) is 23.8 Å². The number of aryl methyl sites for hydroxylation is 1. The Hall–Kier alpha value is -4.65. The number of esters is 1. The number of aliphatic imine (C=N–C) groups is 1. The van der Waals surface area contributed by atoms with Gasteiger partial charge in [-0.15, -0.1) is 0 Å². The number of carbonyl (C=O) groups is 3. The summed E-state index contributed by atoms with van der Waals surface area (Å²) in [7, 11) is 0. The van der Waals surface area contributed by atoms with Gasteiger partial charge in [-0.25, -0.2) is 14.6 Å². The lowest BCUT2D eigenvalue weighted by molar-refractivity contribution is -0.122. The largest absolute Gasteiger partial charge is 0.494 e. The number of aromatic amines is 2. The van der Waals surface area contributed by atoms with E-state index in [4.69, 9.17) is 4.74 Å². The van der Waals surface area contributed by atoms with Gasteiger partial charge in [0.05, 0.1) is 12.2 Å². The average Bonchev–Trinajstić information content (AvgIpc) is 3.22. The van der Waals surface area contributed by atoms with Gasteiger partial charge in [-0.1, -0.05) is 41.6 Å². The monoisotopic (exact) mass is 551 g/mol. The van der Waals surface area contributed by atoms with Crippen LogP contribution in [0.1, 0.15) is 46.4 Å². The number of H-pyrrole nitrogens is 2. The molecular weight excluding hydrogens is 526 g/mol. The molecule has 2 aromatic carbocycles. The van der Waals surface area contributed by atoms with E-state index in [9.17, 15) is 29.1 Å². The first kappa shape index (κ1) is 27.4. The van der Waals surface area contributed by atoms with E-state index in [1.807, 2.05) is 6.92 Å². The Kier molecular flexibility index (Phi) is 8.30. The Labute approximate surface area is 225 Å². The predicted octanol–water partition coefficient (Wildman–Crippen LogP) is 1.96. The molecule has 0 saturated carbocycles. The maximum atomic E-state index is 12.6. The van der Waals surface area contributed by atoms with Crippen molar-refractivity contribution in [3.8, 4) is 5.88 Å². The molecule has 2 heterocycles. The van der Waals surface area contributed by atoms with Crippen LogP contribution in [-0.4, -0.2) is 49.9 Å². The number of nitrogens with one attached hydrogen (secondary N) is 4. The molecule has 0 spiro atoms. The Morgan fingerprint density at radius 3 is 2.41 bits per heavy atom. The van der Waals surface area contributed by atoms with Gasteiger partial charge in [-0.05, 0) is 43.7 Å². The number of carbonyl (C=O) groups excluding carboxylic acids is 3. The van der Waals surface area contributed by atoms with Crippen molar-refractivity contribution < 1.29 is 24.2 Å². The van der Waals surface area contributed by atoms with Crippen LogP contribution in [-0.2, 0) is 14.3 Å². The maximum absolute atomic E-state index is 12.6. The van der Waals surface area contributed by atoms with Gasteiger partial charge in [-0.2, -0.15) is 0 Å². The number of hydrogen-bond acceptors (Lipinski definition) is 9. The van der Waals surface area contributed by atoms with Gasteiger partial charge < -0.3 is 20.5 Å². The molecule has 39 heavy (non-hydrogen) atoms. The van der Waals surface area contributed by atoms with E-state index in [0.717, 1.165) is 17.3 Å². The van der Waals surface area contributed by atoms with Crippen LogP contribution in [0.5, 0.6) is 5.88 Å². The Morgan fingerprint density at radius 2 is 1.77 bits per heavy atom. The van der Waals surface area contributed by atoms with E-state index >= 15 is 0 Å². The van der Waals surface area contributed by atoms with Crippen molar-refractivity contribution in [1.82, 2.24) is 15.3 Å². The van der Waals surface area contributed by atoms with Crippen molar-refractivity contribution in [2.75, 3.05) is 11.9 Å². The third-order valence-corrected chi connectivity index (χ3v) is 6.79. The van der Waals surface area contributed by atoms with Gasteiger partial charge in [-0.3, -0.25) is 24.4 Å². The zero-order valence-corrected chi connectivity index (χ0v) is 21.8. The molecule has 1 aliphatic rings. The van der Waals surface area contributed by atoms with E-state index in [1.165, 1.54) is 12.1 Å². The molecule has 1 aromatic heterocycles. The average molecular weight is 552 g/mol. The second-order valence-electron chi connectivity index (χ2n) is 8.56. The Bertz CT molecular complexity index is 1540. The summed E-state index contributed by atoms with van der Waals surface area (Å²) in [5.74, 6) is -1.99. The number of aromatic hydroxyl groups is 1. The molecule has 1 fully saturated rings. The molecule has 0 aliphatic carbocycles. The Morgan fingerprint density at radius 1 is 1.08 bits per heavy atom. The van der Waals surface area contributed by atoms with E-state index in [0.29, 0.717) is 16.8 Å². The standard InChI is InChI=1S/C26H25N5O7S/c1-3-38-24(36)15-8-10-16(11-9-15)27-18(32)12-17-21(33)31-26(39-17)28-20(14-6-4-13(2)5-7-14)19-22(34)29-25(37)30-23(19)35/h4-11,17,20H,3,12H2,1-2H3,(H,27,32)(H,28,31,33)(H3,29,30,34,35,37)/t17-,20+/m0/s1. The molecule has 13 heteroatoms. The fourth-order valence-electron chi connectivity index (χ4n) is 3.79. The third kappa shape index (κ3) is 6.62. The summed E-state index contributed by atoms with van der Waals surface area (Å²) in [5.41, 5.74) is 0.369. The molecule has 4 rings (SSSR count). The van der Waals surface area contributed by atoms with Crippen LogP contribution >= 0.6 is 11.8 Å². The van der Waals surface area contributed by atoms with Gasteiger partial charge in [0.1, 0.15) is 16.9 Å². The number of rotatable bonds is 8. The third-order valence-electron chi connectivity index (χ3n) is 5.70. The van der Waals surface area contributed by atoms with E-state index in [1.54, 1.807) is 43.3 Å². The lowest BCUT2D eigenvalue weighted by Gasteiger charge is -2.14. The van der Waals surface area contributed by atoms with Gasteiger partial charge >= 0.3 is 11.7 Å². The van der Waals surface area contributed by atoms with E-state index < -0.39 is 46.2 Å². The fourth-order valence-corrected chi connectivity index (χ4v) is 4.79. The normalized spacial score (nSPS) is 16.5. The highest BCUT2D eigenvalue weighted by Gasteiger charge is 2.34. The molecule has 1 saturated heterocycles. The zero-order chi connectivity index (χ0) is 28.1. The lowest BCUT2D eigenvalue weighted by Crippen LogP contribution is -2.29. The summed E-state index contributed by atoms with van der Waals surface area (Å²) in [4.78, 5) is 69.9. The minimum Gasteiger partial charge on any atom is -0.494 e. The summed E-state index contributed by atoms with van der Waals surface area (Å²) in [6, 6.07) is 12.1. The van der Waals surface area contributed by atoms with Crippen molar-refractivity contribution in [3.63, 3.8) is 0 Å². The predicted molar refractivity (Wildman–Crippen MR) is 145 cm³/mol. The molecule has 0 bridgehead atoms. The van der Waals surface area contributed by atoms with Crippen LogP contribution in [0.15, 0.2) is 63.1 Å². The van der Waals surface area contributed by atoms with Gasteiger partial charge in [0.25, 0.3) is 5.56 Å². The van der Waals surface area contributed by atoms with Crippen LogP contribution in [0.3, 0.4) is 0 Å². The van der Waals surface area contributed by atoms with Crippen LogP contribution in [0.2, 0.25) is 0 Å². The molecule has 202 valence electrons. The second kappa shape index (κ2) is 11.8. The number of ether oxygens (including phenoxy) is 1. The Balaban J connectivity index is 1.51. The SMILES string of the molecule is CCOC(=O)c1ccc(NC(=O)C[C@@H]2SC(=N[C@H](c3ccc(C)cc3)c3c(O)[nH]c(=O)[nH]c3=O)NC2=O)cc1. The van der Waals surface area contributed by atoms with Crippen molar-refractivity contribution in [2.24, 2.45) is 4.99 Å². The maximum Gasteiger partial charge on any atom is 0.338 e. The van der Waals surface area contributed by atoms with Crippen LogP contribution in [0, 0.1) is 6.92 Å². The molecule has 12 nitrogen and oxygen atoms in total. The number of thioether (sulfide) groups is 1. The molecule has 0 unspecified atom stereocenters. The molecular formula is C26H25N5O7S. The molecule has 3 aromatic rings. The van der Waals surface area contributed by atoms with Crippen molar-refractivity contribution in [2.45, 2.75) is 31.6 Å². The quantitative estimate of drug-likeness (QED) is 0.263. The summed E-state index contributed by atoms with van der Waals surface area (Å²) < 4.78 is 4.93. The molecule has 2 amide bonds. The molecule has 1 aliphatic heterocycles. The first-order valence-electron chi connectivity index (χ1n) is 11.9. The first-order chi connectivity index (χ1) is 18.6. The zero-order valence-electron chi connectivity index (χ0n) is 20.9. The minimum atomic E-state index is -1.06. The number of benzene rings is 2. The molecule has 0 radical (unpaired) electrons. The number of amidine groups is 1.